The highest BCUT2D eigenvalue weighted by Gasteiger charge is 2.16. The maximum Gasteiger partial charge on any atom is 0.263 e. The molecule has 2 amide bonds. The number of carbonyl (C=O) groups is 2. The van der Waals surface area contributed by atoms with Gasteiger partial charge in [0.1, 0.15) is 0 Å². The molecule has 0 fully saturated rings. The van der Waals surface area contributed by atoms with Gasteiger partial charge in [-0.3, -0.25) is 28.9 Å². The van der Waals surface area contributed by atoms with E-state index in [1.165, 1.54) is 28.4 Å². The first kappa shape index (κ1) is 17.7. The first-order chi connectivity index (χ1) is 9.10. The highest BCUT2D eigenvalue weighted by Crippen LogP contribution is 2.02. The van der Waals surface area contributed by atoms with E-state index in [1.807, 2.05) is 0 Å². The summed E-state index contributed by atoms with van der Waals surface area (Å²) in [6.07, 6.45) is 0.509. The van der Waals surface area contributed by atoms with Gasteiger partial charge in [-0.25, -0.2) is 0 Å². The third-order valence-corrected chi connectivity index (χ3v) is 1.95. The van der Waals surface area contributed by atoms with Crippen molar-refractivity contribution in [2.24, 2.45) is 0 Å². The van der Waals surface area contributed by atoms with Crippen molar-refractivity contribution >= 4 is 11.8 Å². The molecule has 2 N–H and O–H groups in total. The number of carbonyl (C=O) groups excluding carboxylic acids is 2. The minimum Gasteiger partial charge on any atom is -0.283 e. The van der Waals surface area contributed by atoms with Crippen molar-refractivity contribution in [3.05, 3.63) is 0 Å². The first-order valence-corrected chi connectivity index (χ1v) is 5.42. The summed E-state index contributed by atoms with van der Waals surface area (Å²) in [5, 5.41) is 1.65. The van der Waals surface area contributed by atoms with Gasteiger partial charge in [0.05, 0.1) is 28.4 Å². The molecule has 0 aromatic heterocycles. The fourth-order valence-electron chi connectivity index (χ4n) is 1.14. The van der Waals surface area contributed by atoms with E-state index >= 15 is 0 Å². The van der Waals surface area contributed by atoms with Crippen LogP contribution in [0.2, 0.25) is 0 Å². The summed E-state index contributed by atoms with van der Waals surface area (Å²) in [6.45, 7) is 0. The van der Waals surface area contributed by atoms with E-state index in [0.29, 0.717) is 6.42 Å². The van der Waals surface area contributed by atoms with Crippen molar-refractivity contribution < 1.29 is 28.9 Å². The lowest BCUT2D eigenvalue weighted by atomic mass is 10.2. The number of hydrazine groups is 2. The molecule has 0 unspecified atom stereocenters. The molecular weight excluding hydrogens is 260 g/mol. The molecule has 0 heterocycles. The van der Waals surface area contributed by atoms with Gasteiger partial charge in [-0.1, -0.05) is 11.2 Å². The minimum atomic E-state index is -0.374. The SMILES string of the molecule is CONN(OC)C(=O)CCCC(=O)N(NOC)OC. The van der Waals surface area contributed by atoms with Crippen LogP contribution >= 0.6 is 0 Å². The Morgan fingerprint density at radius 3 is 1.47 bits per heavy atom. The Morgan fingerprint density at radius 1 is 0.842 bits per heavy atom. The highest BCUT2D eigenvalue weighted by atomic mass is 16.8. The van der Waals surface area contributed by atoms with Gasteiger partial charge in [0.15, 0.2) is 0 Å². The summed E-state index contributed by atoms with van der Waals surface area (Å²) in [6, 6.07) is 0. The van der Waals surface area contributed by atoms with Crippen molar-refractivity contribution in [1.82, 2.24) is 21.5 Å². The molecule has 112 valence electrons. The lowest BCUT2D eigenvalue weighted by Gasteiger charge is -2.19. The van der Waals surface area contributed by atoms with E-state index < -0.39 is 0 Å². The molecule has 0 rings (SSSR count). The van der Waals surface area contributed by atoms with E-state index in [-0.39, 0.29) is 24.7 Å². The van der Waals surface area contributed by atoms with E-state index in [1.54, 1.807) is 0 Å². The second-order valence-electron chi connectivity index (χ2n) is 3.19. The zero-order valence-electron chi connectivity index (χ0n) is 11.5. The maximum absolute atomic E-state index is 11.6. The third kappa shape index (κ3) is 7.00. The smallest absolute Gasteiger partial charge is 0.263 e. The number of amides is 2. The number of rotatable bonds is 10. The van der Waals surface area contributed by atoms with Crippen LogP contribution in [0.4, 0.5) is 0 Å². The molecule has 0 aromatic carbocycles. The maximum atomic E-state index is 11.6. The Hall–Kier alpha value is -1.30. The van der Waals surface area contributed by atoms with Gasteiger partial charge >= 0.3 is 0 Å². The molecule has 0 aliphatic heterocycles. The van der Waals surface area contributed by atoms with Crippen LogP contribution in [0.3, 0.4) is 0 Å². The number of nitrogens with one attached hydrogen (secondary N) is 2. The molecule has 0 bridgehead atoms. The molecule has 0 aromatic rings. The quantitative estimate of drug-likeness (QED) is 0.495. The Bertz CT molecular complexity index is 251. The average molecular weight is 280 g/mol. The Morgan fingerprint density at radius 2 is 1.21 bits per heavy atom. The Balaban J connectivity index is 4.00. The second-order valence-corrected chi connectivity index (χ2v) is 3.19. The Labute approximate surface area is 111 Å². The fraction of sp³-hybridized carbons (Fsp3) is 0.778. The monoisotopic (exact) mass is 280 g/mol. The van der Waals surface area contributed by atoms with Crippen molar-refractivity contribution in [3.8, 4) is 0 Å². The van der Waals surface area contributed by atoms with Gasteiger partial charge < -0.3 is 0 Å². The van der Waals surface area contributed by atoms with Crippen LogP contribution in [0.15, 0.2) is 0 Å². The summed E-state index contributed by atoms with van der Waals surface area (Å²) in [4.78, 5) is 41.6. The van der Waals surface area contributed by atoms with Gasteiger partial charge in [0.2, 0.25) is 0 Å². The minimum absolute atomic E-state index is 0.0977. The molecule has 0 atom stereocenters. The predicted molar refractivity (Wildman–Crippen MR) is 61.9 cm³/mol. The lowest BCUT2D eigenvalue weighted by Crippen LogP contribution is -2.42. The second kappa shape index (κ2) is 10.6. The zero-order chi connectivity index (χ0) is 14.7. The van der Waals surface area contributed by atoms with Gasteiger partial charge in [-0.15, -0.1) is 10.3 Å². The number of hydrogen-bond donors (Lipinski definition) is 2. The normalized spacial score (nSPS) is 10.3. The third-order valence-electron chi connectivity index (χ3n) is 1.95. The summed E-state index contributed by atoms with van der Waals surface area (Å²) < 4.78 is 0. The van der Waals surface area contributed by atoms with Crippen LogP contribution in [0.5, 0.6) is 0 Å². The van der Waals surface area contributed by atoms with Crippen LogP contribution < -0.4 is 11.2 Å². The largest absolute Gasteiger partial charge is 0.283 e. The van der Waals surface area contributed by atoms with Crippen LogP contribution in [0, 0.1) is 0 Å². The molecule has 0 saturated heterocycles. The number of hydroxylamine groups is 2. The van der Waals surface area contributed by atoms with Crippen molar-refractivity contribution in [1.29, 1.82) is 0 Å². The molecule has 0 spiro atoms. The molecular formula is C9H20N4O6. The topological polar surface area (TPSA) is 102 Å². The predicted octanol–water partition coefficient (Wildman–Crippen LogP) is -0.931. The standard InChI is InChI=1S/C9H20N4O6/c1-16-10-12(18-3)8(14)6-5-7-9(15)13(19-4)11-17-2/h10-11H,5-7H2,1-4H3. The fourth-order valence-corrected chi connectivity index (χ4v) is 1.14. The van der Waals surface area contributed by atoms with Gasteiger partial charge in [0.25, 0.3) is 11.8 Å². The molecule has 0 aliphatic carbocycles. The number of hydrogen-bond acceptors (Lipinski definition) is 8. The van der Waals surface area contributed by atoms with Crippen LogP contribution in [0.1, 0.15) is 19.3 Å². The van der Waals surface area contributed by atoms with E-state index in [4.69, 9.17) is 9.68 Å². The summed E-state index contributed by atoms with van der Waals surface area (Å²) in [5.74, 6) is -0.748. The van der Waals surface area contributed by atoms with E-state index in [0.717, 1.165) is 10.3 Å². The van der Waals surface area contributed by atoms with E-state index in [2.05, 4.69) is 20.9 Å². The van der Waals surface area contributed by atoms with Crippen LogP contribution in [-0.2, 0) is 28.9 Å². The Kier molecular flexibility index (Phi) is 9.88. The van der Waals surface area contributed by atoms with Crippen LogP contribution in [-0.4, -0.2) is 50.6 Å². The molecule has 10 nitrogen and oxygen atoms in total. The van der Waals surface area contributed by atoms with Crippen molar-refractivity contribution in [2.45, 2.75) is 19.3 Å². The summed E-state index contributed by atoms with van der Waals surface area (Å²) >= 11 is 0. The summed E-state index contributed by atoms with van der Waals surface area (Å²) in [7, 11) is 5.31. The molecule has 0 aliphatic rings. The highest BCUT2D eigenvalue weighted by molar-refractivity contribution is 5.77. The molecule has 19 heavy (non-hydrogen) atoms. The first-order valence-electron chi connectivity index (χ1n) is 5.42. The van der Waals surface area contributed by atoms with Crippen molar-refractivity contribution in [3.63, 3.8) is 0 Å². The summed E-state index contributed by atoms with van der Waals surface area (Å²) in [5.41, 5.74) is 4.47. The molecule has 10 heteroatoms. The lowest BCUT2D eigenvalue weighted by molar-refractivity contribution is -0.243. The molecule has 0 radical (unpaired) electrons. The average Bonchev–Trinajstić information content (AvgIpc) is 2.41. The van der Waals surface area contributed by atoms with Gasteiger partial charge in [-0.2, -0.15) is 0 Å². The van der Waals surface area contributed by atoms with Gasteiger partial charge in [0, 0.05) is 12.8 Å². The van der Waals surface area contributed by atoms with Gasteiger partial charge in [-0.05, 0) is 6.42 Å². The molecule has 0 saturated carbocycles. The van der Waals surface area contributed by atoms with Crippen LogP contribution in [0.25, 0.3) is 0 Å². The van der Waals surface area contributed by atoms with E-state index in [9.17, 15) is 9.59 Å². The number of nitrogens with zero attached hydrogens (tertiary/aromatic N) is 2. The zero-order valence-corrected chi connectivity index (χ0v) is 11.5. The van der Waals surface area contributed by atoms with Crippen molar-refractivity contribution in [2.75, 3.05) is 28.4 Å².